The van der Waals surface area contributed by atoms with Gasteiger partial charge >= 0.3 is 0 Å². The van der Waals surface area contributed by atoms with E-state index >= 15 is 0 Å². The van der Waals surface area contributed by atoms with Crippen molar-refractivity contribution in [1.29, 1.82) is 0 Å². The second-order valence-electron chi connectivity index (χ2n) is 6.86. The van der Waals surface area contributed by atoms with Crippen LogP contribution in [-0.2, 0) is 14.3 Å². The highest BCUT2D eigenvalue weighted by Crippen LogP contribution is 2.39. The molecule has 1 unspecified atom stereocenters. The van der Waals surface area contributed by atoms with Crippen molar-refractivity contribution in [3.63, 3.8) is 0 Å². The van der Waals surface area contributed by atoms with E-state index in [-0.39, 0.29) is 24.5 Å². The molecule has 2 aromatic carbocycles. The number of carbonyl (C=O) groups is 2. The maximum Gasteiger partial charge on any atom is 0.295 e. The first-order valence-electron chi connectivity index (χ1n) is 8.95. The van der Waals surface area contributed by atoms with E-state index in [1.54, 1.807) is 6.07 Å². The van der Waals surface area contributed by atoms with Crippen LogP contribution in [0.4, 0.5) is 4.39 Å². The molecule has 0 bridgehead atoms. The zero-order valence-corrected chi connectivity index (χ0v) is 16.0. The van der Waals surface area contributed by atoms with Gasteiger partial charge in [0.25, 0.3) is 11.7 Å². The number of amides is 1. The van der Waals surface area contributed by atoms with Gasteiger partial charge in [-0.3, -0.25) is 9.59 Å². The van der Waals surface area contributed by atoms with Gasteiger partial charge in [-0.05, 0) is 43.2 Å². The molecule has 1 aliphatic rings. The van der Waals surface area contributed by atoms with Crippen molar-refractivity contribution in [3.8, 4) is 0 Å². The van der Waals surface area contributed by atoms with Gasteiger partial charge in [0.2, 0.25) is 0 Å². The van der Waals surface area contributed by atoms with Gasteiger partial charge in [0.1, 0.15) is 11.6 Å². The van der Waals surface area contributed by atoms with Crippen molar-refractivity contribution in [3.05, 3.63) is 76.1 Å². The molecule has 1 aliphatic heterocycles. The molecule has 2 aromatic rings. The standard InChI is InChI=1S/C22H22FNO4/c1-13-4-5-14(2)17(12-13)20(25)18-19(15-6-8-16(23)9-7-15)24(10-11-28-3)22(27)21(18)26/h4-9,12,19,25H,10-11H2,1-3H3. The SMILES string of the molecule is COCCN1C(=O)C(=O)C(=C(O)c2cc(C)ccc2C)C1c1ccc(F)cc1. The van der Waals surface area contributed by atoms with Gasteiger partial charge < -0.3 is 14.7 Å². The first kappa shape index (κ1) is 19.8. The number of Topliss-reactive ketones (excluding diaryl/α,β-unsaturated/α-hetero) is 1. The Hall–Kier alpha value is -2.99. The van der Waals surface area contributed by atoms with Gasteiger partial charge in [0.05, 0.1) is 18.2 Å². The Morgan fingerprint density at radius 3 is 2.46 bits per heavy atom. The number of aryl methyl sites for hydroxylation is 2. The summed E-state index contributed by atoms with van der Waals surface area (Å²) in [7, 11) is 1.50. The second kappa shape index (κ2) is 7.94. The van der Waals surface area contributed by atoms with Crippen LogP contribution in [0.15, 0.2) is 48.0 Å². The largest absolute Gasteiger partial charge is 0.507 e. The molecular weight excluding hydrogens is 361 g/mol. The lowest BCUT2D eigenvalue weighted by Crippen LogP contribution is -2.32. The van der Waals surface area contributed by atoms with E-state index in [9.17, 15) is 19.1 Å². The molecule has 146 valence electrons. The van der Waals surface area contributed by atoms with Gasteiger partial charge in [-0.1, -0.05) is 29.8 Å². The monoisotopic (exact) mass is 383 g/mol. The lowest BCUT2D eigenvalue weighted by molar-refractivity contribution is -0.140. The highest BCUT2D eigenvalue weighted by molar-refractivity contribution is 6.46. The zero-order valence-electron chi connectivity index (χ0n) is 16.0. The molecule has 0 radical (unpaired) electrons. The molecule has 0 aromatic heterocycles. The van der Waals surface area contributed by atoms with Crippen molar-refractivity contribution >= 4 is 17.4 Å². The summed E-state index contributed by atoms with van der Waals surface area (Å²) in [6.07, 6.45) is 0. The van der Waals surface area contributed by atoms with E-state index in [1.165, 1.54) is 36.3 Å². The van der Waals surface area contributed by atoms with Gasteiger partial charge in [-0.2, -0.15) is 0 Å². The predicted octanol–water partition coefficient (Wildman–Crippen LogP) is 3.51. The quantitative estimate of drug-likeness (QED) is 0.487. The summed E-state index contributed by atoms with van der Waals surface area (Å²) in [5, 5.41) is 11.0. The molecule has 1 saturated heterocycles. The molecule has 0 spiro atoms. The van der Waals surface area contributed by atoms with Crippen molar-refractivity contribution in [2.45, 2.75) is 19.9 Å². The van der Waals surface area contributed by atoms with Crippen LogP contribution in [0.25, 0.3) is 5.76 Å². The van der Waals surface area contributed by atoms with Gasteiger partial charge in [-0.15, -0.1) is 0 Å². The predicted molar refractivity (Wildman–Crippen MR) is 103 cm³/mol. The molecule has 1 heterocycles. The van der Waals surface area contributed by atoms with Crippen LogP contribution in [-0.4, -0.2) is 42.0 Å². The van der Waals surface area contributed by atoms with Crippen LogP contribution in [0.2, 0.25) is 0 Å². The average molecular weight is 383 g/mol. The Balaban J connectivity index is 2.20. The Kier molecular flexibility index (Phi) is 5.61. The minimum atomic E-state index is -0.810. The molecule has 5 nitrogen and oxygen atoms in total. The number of hydrogen-bond acceptors (Lipinski definition) is 4. The second-order valence-corrected chi connectivity index (χ2v) is 6.86. The number of likely N-dealkylation sites (tertiary alicyclic amines) is 1. The number of halogens is 1. The minimum Gasteiger partial charge on any atom is -0.507 e. The Bertz CT molecular complexity index is 950. The molecule has 0 saturated carbocycles. The summed E-state index contributed by atoms with van der Waals surface area (Å²) < 4.78 is 18.5. The van der Waals surface area contributed by atoms with Crippen molar-refractivity contribution in [2.24, 2.45) is 0 Å². The van der Waals surface area contributed by atoms with Gasteiger partial charge in [0, 0.05) is 19.2 Å². The average Bonchev–Trinajstić information content (AvgIpc) is 2.93. The normalized spacial score (nSPS) is 18.7. The van der Waals surface area contributed by atoms with Crippen LogP contribution in [0.5, 0.6) is 0 Å². The van der Waals surface area contributed by atoms with E-state index in [2.05, 4.69) is 0 Å². The molecule has 1 fully saturated rings. The Labute approximate surface area is 163 Å². The summed E-state index contributed by atoms with van der Waals surface area (Å²) >= 11 is 0. The van der Waals surface area contributed by atoms with Crippen LogP contribution in [0.1, 0.15) is 28.3 Å². The summed E-state index contributed by atoms with van der Waals surface area (Å²) in [6, 6.07) is 10.3. The van der Waals surface area contributed by atoms with Crippen LogP contribution >= 0.6 is 0 Å². The number of carbonyl (C=O) groups excluding carboxylic acids is 2. The molecule has 1 N–H and O–H groups in total. The lowest BCUT2D eigenvalue weighted by Gasteiger charge is -2.25. The molecule has 1 amide bonds. The fourth-order valence-electron chi connectivity index (χ4n) is 3.43. The molecular formula is C22H22FNO4. The van der Waals surface area contributed by atoms with Crippen molar-refractivity contribution in [2.75, 3.05) is 20.3 Å². The van der Waals surface area contributed by atoms with Crippen LogP contribution in [0.3, 0.4) is 0 Å². The molecule has 6 heteroatoms. The zero-order chi connectivity index (χ0) is 20.4. The number of ether oxygens (including phenoxy) is 1. The number of methoxy groups -OCH3 is 1. The third-order valence-corrected chi connectivity index (χ3v) is 4.91. The molecule has 1 atom stereocenters. The van der Waals surface area contributed by atoms with E-state index < -0.39 is 23.5 Å². The first-order valence-corrected chi connectivity index (χ1v) is 8.95. The summed E-state index contributed by atoms with van der Waals surface area (Å²) in [6.45, 7) is 4.11. The number of aliphatic hydroxyl groups is 1. The smallest absolute Gasteiger partial charge is 0.295 e. The fraction of sp³-hybridized carbons (Fsp3) is 0.273. The highest BCUT2D eigenvalue weighted by Gasteiger charge is 2.45. The molecule has 0 aliphatic carbocycles. The highest BCUT2D eigenvalue weighted by atomic mass is 19.1. The molecule has 3 rings (SSSR count). The van der Waals surface area contributed by atoms with E-state index in [0.717, 1.165) is 11.1 Å². The number of benzene rings is 2. The number of ketones is 1. The van der Waals surface area contributed by atoms with Crippen LogP contribution in [0, 0.1) is 19.7 Å². The number of hydrogen-bond donors (Lipinski definition) is 1. The van der Waals surface area contributed by atoms with Gasteiger partial charge in [-0.25, -0.2) is 4.39 Å². The third-order valence-electron chi connectivity index (χ3n) is 4.91. The van der Waals surface area contributed by atoms with E-state index in [1.807, 2.05) is 26.0 Å². The topological polar surface area (TPSA) is 66.8 Å². The van der Waals surface area contributed by atoms with Gasteiger partial charge in [0.15, 0.2) is 0 Å². The van der Waals surface area contributed by atoms with Crippen molar-refractivity contribution < 1.29 is 23.8 Å². The Morgan fingerprint density at radius 2 is 1.82 bits per heavy atom. The third kappa shape index (κ3) is 3.55. The number of rotatable bonds is 5. The first-order chi connectivity index (χ1) is 13.3. The Morgan fingerprint density at radius 1 is 1.14 bits per heavy atom. The summed E-state index contributed by atoms with van der Waals surface area (Å²) in [4.78, 5) is 26.8. The number of nitrogens with zero attached hydrogens (tertiary/aromatic N) is 1. The number of aliphatic hydroxyl groups excluding tert-OH is 1. The lowest BCUT2D eigenvalue weighted by atomic mass is 9.93. The molecule has 28 heavy (non-hydrogen) atoms. The minimum absolute atomic E-state index is 0.00131. The maximum atomic E-state index is 13.4. The van der Waals surface area contributed by atoms with Crippen molar-refractivity contribution in [1.82, 2.24) is 4.90 Å². The summed E-state index contributed by atoms with van der Waals surface area (Å²) in [5.41, 5.74) is 2.74. The summed E-state index contributed by atoms with van der Waals surface area (Å²) in [5.74, 6) is -2.12. The fourth-order valence-corrected chi connectivity index (χ4v) is 3.43. The van der Waals surface area contributed by atoms with E-state index in [4.69, 9.17) is 4.74 Å². The van der Waals surface area contributed by atoms with E-state index in [0.29, 0.717) is 11.1 Å². The maximum absolute atomic E-state index is 13.4. The van der Waals surface area contributed by atoms with Crippen LogP contribution < -0.4 is 0 Å².